The summed E-state index contributed by atoms with van der Waals surface area (Å²) in [7, 11) is 0. The Morgan fingerprint density at radius 2 is 2.04 bits per heavy atom. The van der Waals surface area contributed by atoms with Crippen molar-refractivity contribution in [3.05, 3.63) is 70.0 Å². The summed E-state index contributed by atoms with van der Waals surface area (Å²) < 4.78 is 0. The number of halogens is 1. The predicted octanol–water partition coefficient (Wildman–Crippen LogP) is 4.72. The van der Waals surface area contributed by atoms with Crippen molar-refractivity contribution in [1.82, 2.24) is 4.98 Å². The van der Waals surface area contributed by atoms with Gasteiger partial charge in [0.2, 0.25) is 5.91 Å². The second kappa shape index (κ2) is 7.26. The van der Waals surface area contributed by atoms with Gasteiger partial charge in [0, 0.05) is 15.6 Å². The van der Waals surface area contributed by atoms with Crippen molar-refractivity contribution in [3.63, 3.8) is 0 Å². The van der Waals surface area contributed by atoms with E-state index in [0.29, 0.717) is 22.9 Å². The van der Waals surface area contributed by atoms with Gasteiger partial charge in [-0.3, -0.25) is 4.79 Å². The van der Waals surface area contributed by atoms with Crippen LogP contribution in [-0.2, 0) is 11.2 Å². The lowest BCUT2D eigenvalue weighted by Crippen LogP contribution is -2.13. The zero-order valence-corrected chi connectivity index (χ0v) is 13.7. The minimum atomic E-state index is -0.0511. The summed E-state index contributed by atoms with van der Waals surface area (Å²) in [5.41, 5.74) is 1.53. The molecule has 3 aromatic rings. The lowest BCUT2D eigenvalue weighted by Gasteiger charge is -2.08. The van der Waals surface area contributed by atoms with E-state index in [2.05, 4.69) is 15.6 Å². The Morgan fingerprint density at radius 3 is 2.74 bits per heavy atom. The zero-order chi connectivity index (χ0) is 16.1. The fourth-order valence-electron chi connectivity index (χ4n) is 2.03. The third kappa shape index (κ3) is 4.55. The average Bonchev–Trinajstić information content (AvgIpc) is 3.02. The molecular weight excluding hydrogens is 330 g/mol. The molecule has 0 bridgehead atoms. The number of aromatic nitrogens is 1. The van der Waals surface area contributed by atoms with Crippen LogP contribution in [-0.4, -0.2) is 10.9 Å². The molecule has 0 saturated carbocycles. The highest BCUT2D eigenvalue weighted by Gasteiger charge is 2.05. The van der Waals surface area contributed by atoms with Crippen LogP contribution in [0.15, 0.2) is 60.1 Å². The van der Waals surface area contributed by atoms with Gasteiger partial charge in [-0.1, -0.05) is 23.7 Å². The van der Waals surface area contributed by atoms with E-state index < -0.39 is 0 Å². The summed E-state index contributed by atoms with van der Waals surface area (Å²) in [6.45, 7) is 0. The van der Waals surface area contributed by atoms with Crippen LogP contribution in [0.4, 0.5) is 17.2 Å². The topological polar surface area (TPSA) is 54.0 Å². The highest BCUT2D eigenvalue weighted by Crippen LogP contribution is 2.20. The van der Waals surface area contributed by atoms with Crippen LogP contribution in [0.5, 0.6) is 0 Å². The fourth-order valence-corrected chi connectivity index (χ4v) is 2.93. The second-order valence-electron chi connectivity index (χ2n) is 4.87. The first-order valence-electron chi connectivity index (χ1n) is 7.00. The number of carbonyl (C=O) groups excluding carboxylic acids is 1. The monoisotopic (exact) mass is 343 g/mol. The van der Waals surface area contributed by atoms with Gasteiger partial charge in [-0.25, -0.2) is 4.98 Å². The molecule has 0 saturated heterocycles. The van der Waals surface area contributed by atoms with Gasteiger partial charge in [-0.2, -0.15) is 0 Å². The molecule has 2 aromatic heterocycles. The number of anilines is 3. The van der Waals surface area contributed by atoms with E-state index in [0.717, 1.165) is 10.6 Å². The molecule has 23 heavy (non-hydrogen) atoms. The predicted molar refractivity (Wildman–Crippen MR) is 95.6 cm³/mol. The van der Waals surface area contributed by atoms with Crippen molar-refractivity contribution < 1.29 is 4.79 Å². The molecule has 0 atom stereocenters. The summed E-state index contributed by atoms with van der Waals surface area (Å²) in [5.74, 6) is 0.633. The Kier molecular flexibility index (Phi) is 4.90. The molecule has 1 amide bonds. The lowest BCUT2D eigenvalue weighted by atomic mass is 10.3. The molecule has 0 aliphatic rings. The molecule has 4 nitrogen and oxygen atoms in total. The standard InChI is InChI=1S/C17H14ClN3OS/c18-12-3-1-4-13(9-12)20-16-7-6-14(11-19-16)21-17(22)10-15-5-2-8-23-15/h1-9,11H,10H2,(H,19,20)(H,21,22). The number of pyridine rings is 1. The lowest BCUT2D eigenvalue weighted by molar-refractivity contribution is -0.115. The van der Waals surface area contributed by atoms with E-state index in [4.69, 9.17) is 11.6 Å². The van der Waals surface area contributed by atoms with Gasteiger partial charge in [0.1, 0.15) is 5.82 Å². The van der Waals surface area contributed by atoms with Gasteiger partial charge in [0.15, 0.2) is 0 Å². The summed E-state index contributed by atoms with van der Waals surface area (Å²) in [5, 5.41) is 8.61. The number of nitrogens with one attached hydrogen (secondary N) is 2. The number of nitrogens with zero attached hydrogens (tertiary/aromatic N) is 1. The van der Waals surface area contributed by atoms with Gasteiger partial charge in [0.25, 0.3) is 0 Å². The van der Waals surface area contributed by atoms with Gasteiger partial charge in [-0.05, 0) is 41.8 Å². The third-order valence-electron chi connectivity index (χ3n) is 3.06. The molecule has 0 radical (unpaired) electrons. The minimum absolute atomic E-state index is 0.0511. The van der Waals surface area contributed by atoms with Gasteiger partial charge in [-0.15, -0.1) is 11.3 Å². The summed E-state index contributed by atoms with van der Waals surface area (Å²) in [6, 6.07) is 14.9. The number of amides is 1. The maximum atomic E-state index is 11.9. The van der Waals surface area contributed by atoms with Crippen molar-refractivity contribution in [2.24, 2.45) is 0 Å². The quantitative estimate of drug-likeness (QED) is 0.704. The molecule has 6 heteroatoms. The summed E-state index contributed by atoms with van der Waals surface area (Å²) in [6.07, 6.45) is 2.00. The molecule has 0 aliphatic carbocycles. The van der Waals surface area contributed by atoms with Crippen molar-refractivity contribution >= 4 is 46.0 Å². The number of hydrogen-bond donors (Lipinski definition) is 2. The van der Waals surface area contributed by atoms with Gasteiger partial charge in [0.05, 0.1) is 18.3 Å². The minimum Gasteiger partial charge on any atom is -0.340 e. The first-order chi connectivity index (χ1) is 11.2. The molecule has 1 aromatic carbocycles. The first kappa shape index (κ1) is 15.5. The smallest absolute Gasteiger partial charge is 0.229 e. The maximum absolute atomic E-state index is 11.9. The molecule has 0 unspecified atom stereocenters. The zero-order valence-electron chi connectivity index (χ0n) is 12.1. The van der Waals surface area contributed by atoms with E-state index in [1.165, 1.54) is 0 Å². The Hall–Kier alpha value is -2.37. The van der Waals surface area contributed by atoms with E-state index in [9.17, 15) is 4.79 Å². The number of rotatable bonds is 5. The molecule has 0 spiro atoms. The van der Waals surface area contributed by atoms with Gasteiger partial charge < -0.3 is 10.6 Å². The van der Waals surface area contributed by atoms with E-state index in [1.807, 2.05) is 53.9 Å². The number of hydrogen-bond acceptors (Lipinski definition) is 4. The van der Waals surface area contributed by atoms with Crippen molar-refractivity contribution in [1.29, 1.82) is 0 Å². The van der Waals surface area contributed by atoms with Crippen LogP contribution < -0.4 is 10.6 Å². The maximum Gasteiger partial charge on any atom is 0.229 e. The van der Waals surface area contributed by atoms with E-state index in [1.54, 1.807) is 17.5 Å². The van der Waals surface area contributed by atoms with Crippen molar-refractivity contribution in [3.8, 4) is 0 Å². The van der Waals surface area contributed by atoms with E-state index in [-0.39, 0.29) is 5.91 Å². The van der Waals surface area contributed by atoms with Crippen LogP contribution in [0.25, 0.3) is 0 Å². The second-order valence-corrected chi connectivity index (χ2v) is 6.34. The number of thiophene rings is 1. The highest BCUT2D eigenvalue weighted by molar-refractivity contribution is 7.10. The first-order valence-corrected chi connectivity index (χ1v) is 8.26. The Morgan fingerprint density at radius 1 is 1.13 bits per heavy atom. The summed E-state index contributed by atoms with van der Waals surface area (Å²) >= 11 is 7.51. The summed E-state index contributed by atoms with van der Waals surface area (Å²) in [4.78, 5) is 17.3. The normalized spacial score (nSPS) is 10.3. The Bertz CT molecular complexity index is 788. The van der Waals surface area contributed by atoms with Crippen molar-refractivity contribution in [2.45, 2.75) is 6.42 Å². The molecule has 116 valence electrons. The van der Waals surface area contributed by atoms with E-state index >= 15 is 0 Å². The molecule has 0 aliphatic heterocycles. The van der Waals surface area contributed by atoms with Crippen LogP contribution in [0.1, 0.15) is 4.88 Å². The molecule has 2 heterocycles. The van der Waals surface area contributed by atoms with Crippen LogP contribution >= 0.6 is 22.9 Å². The SMILES string of the molecule is O=C(Cc1cccs1)Nc1ccc(Nc2cccc(Cl)c2)nc1. The Labute approximate surface area is 143 Å². The highest BCUT2D eigenvalue weighted by atomic mass is 35.5. The van der Waals surface area contributed by atoms with Crippen LogP contribution in [0.3, 0.4) is 0 Å². The number of benzene rings is 1. The van der Waals surface area contributed by atoms with Crippen LogP contribution in [0.2, 0.25) is 5.02 Å². The largest absolute Gasteiger partial charge is 0.340 e. The molecule has 0 fully saturated rings. The average molecular weight is 344 g/mol. The Balaban J connectivity index is 1.59. The van der Waals surface area contributed by atoms with Crippen molar-refractivity contribution in [2.75, 3.05) is 10.6 Å². The van der Waals surface area contributed by atoms with Crippen LogP contribution in [0, 0.1) is 0 Å². The molecule has 2 N–H and O–H groups in total. The fraction of sp³-hybridized carbons (Fsp3) is 0.0588. The number of carbonyl (C=O) groups is 1. The molecular formula is C17H14ClN3OS. The molecule has 3 rings (SSSR count). The third-order valence-corrected chi connectivity index (χ3v) is 4.17. The van der Waals surface area contributed by atoms with Gasteiger partial charge >= 0.3 is 0 Å².